The van der Waals surface area contributed by atoms with E-state index >= 15 is 0 Å². The zero-order valence-corrected chi connectivity index (χ0v) is 14.4. The maximum atomic E-state index is 12.3. The normalized spacial score (nSPS) is 11.3. The highest BCUT2D eigenvalue weighted by Crippen LogP contribution is 2.17. The molecular weight excluding hydrogens is 337 g/mol. The molecule has 2 aromatic rings. The van der Waals surface area contributed by atoms with Crippen molar-refractivity contribution in [3.8, 4) is 5.88 Å². The van der Waals surface area contributed by atoms with Gasteiger partial charge >= 0.3 is 0 Å². The number of ketones is 1. The van der Waals surface area contributed by atoms with Gasteiger partial charge < -0.3 is 9.47 Å². The summed E-state index contributed by atoms with van der Waals surface area (Å²) in [6, 6.07) is 12.3. The first-order valence-corrected chi connectivity index (χ1v) is 7.79. The third-order valence-electron chi connectivity index (χ3n) is 3.23. The molecule has 6 heteroatoms. The predicted octanol–water partition coefficient (Wildman–Crippen LogP) is 4.33. The Morgan fingerprint density at radius 1 is 1.13 bits per heavy atom. The van der Waals surface area contributed by atoms with Crippen LogP contribution in [0.15, 0.2) is 42.5 Å². The highest BCUT2D eigenvalue weighted by Gasteiger charge is 2.29. The molecule has 0 amide bonds. The average molecular weight is 354 g/mol. The van der Waals surface area contributed by atoms with Gasteiger partial charge in [0.05, 0.1) is 6.61 Å². The standard InChI is InChI=1S/C17H17Cl2NO3/c1-17(2,23-10-12-6-8-13(18)9-7-12)14(21)11-22-16-5-3-4-15(19)20-16/h3-9H,10-11H2,1-2H3. The van der Waals surface area contributed by atoms with Crippen LogP contribution in [-0.4, -0.2) is 23.0 Å². The van der Waals surface area contributed by atoms with E-state index in [-0.39, 0.29) is 12.4 Å². The van der Waals surface area contributed by atoms with Gasteiger partial charge in [0.25, 0.3) is 0 Å². The lowest BCUT2D eigenvalue weighted by molar-refractivity contribution is -0.144. The third-order valence-corrected chi connectivity index (χ3v) is 3.69. The third kappa shape index (κ3) is 5.50. The Hall–Kier alpha value is -1.62. The fourth-order valence-corrected chi connectivity index (χ4v) is 1.99. The van der Waals surface area contributed by atoms with Crippen molar-refractivity contribution in [2.24, 2.45) is 0 Å². The fourth-order valence-electron chi connectivity index (χ4n) is 1.71. The van der Waals surface area contributed by atoms with Crippen LogP contribution in [0.5, 0.6) is 5.88 Å². The van der Waals surface area contributed by atoms with Gasteiger partial charge in [-0.2, -0.15) is 0 Å². The van der Waals surface area contributed by atoms with E-state index < -0.39 is 5.60 Å². The van der Waals surface area contributed by atoms with Crippen LogP contribution < -0.4 is 4.74 Å². The average Bonchev–Trinajstić information content (AvgIpc) is 2.52. The molecule has 122 valence electrons. The molecule has 0 bridgehead atoms. The first-order valence-electron chi connectivity index (χ1n) is 7.04. The molecule has 0 saturated heterocycles. The second kappa shape index (κ2) is 7.77. The molecule has 0 atom stereocenters. The molecule has 1 heterocycles. The number of carbonyl (C=O) groups is 1. The summed E-state index contributed by atoms with van der Waals surface area (Å²) >= 11 is 11.6. The van der Waals surface area contributed by atoms with E-state index in [1.54, 1.807) is 44.2 Å². The van der Waals surface area contributed by atoms with Crippen LogP contribution in [0.25, 0.3) is 0 Å². The summed E-state index contributed by atoms with van der Waals surface area (Å²) in [5.74, 6) is 0.118. The summed E-state index contributed by atoms with van der Waals surface area (Å²) in [6.07, 6.45) is 0. The van der Waals surface area contributed by atoms with Crippen molar-refractivity contribution in [1.82, 2.24) is 4.98 Å². The number of pyridine rings is 1. The lowest BCUT2D eigenvalue weighted by Crippen LogP contribution is -2.38. The SMILES string of the molecule is CC(C)(OCc1ccc(Cl)cc1)C(=O)COc1cccc(Cl)n1. The summed E-state index contributed by atoms with van der Waals surface area (Å²) in [6.45, 7) is 3.59. The molecule has 0 unspecified atom stereocenters. The van der Waals surface area contributed by atoms with Gasteiger partial charge in [0, 0.05) is 11.1 Å². The maximum Gasteiger partial charge on any atom is 0.215 e. The molecule has 0 N–H and O–H groups in total. The number of hydrogen-bond donors (Lipinski definition) is 0. The number of aromatic nitrogens is 1. The van der Waals surface area contributed by atoms with Crippen LogP contribution in [0, 0.1) is 0 Å². The second-order valence-electron chi connectivity index (χ2n) is 5.44. The lowest BCUT2D eigenvalue weighted by atomic mass is 10.0. The van der Waals surface area contributed by atoms with Gasteiger partial charge in [-0.05, 0) is 37.6 Å². The Bertz CT molecular complexity index is 672. The van der Waals surface area contributed by atoms with E-state index in [9.17, 15) is 4.79 Å². The first kappa shape index (κ1) is 17.7. The zero-order chi connectivity index (χ0) is 16.9. The van der Waals surface area contributed by atoms with Crippen molar-refractivity contribution >= 4 is 29.0 Å². The number of Topliss-reactive ketones (excluding diaryl/α,β-unsaturated/α-hetero) is 1. The fraction of sp³-hybridized carbons (Fsp3) is 0.294. The van der Waals surface area contributed by atoms with Gasteiger partial charge in [0.2, 0.25) is 11.7 Å². The predicted molar refractivity (Wildman–Crippen MR) is 90.1 cm³/mol. The van der Waals surface area contributed by atoms with Crippen LogP contribution in [0.1, 0.15) is 19.4 Å². The zero-order valence-electron chi connectivity index (χ0n) is 12.9. The number of benzene rings is 1. The number of rotatable bonds is 7. The van der Waals surface area contributed by atoms with Crippen LogP contribution in [-0.2, 0) is 16.1 Å². The molecule has 0 saturated carbocycles. The molecule has 23 heavy (non-hydrogen) atoms. The summed E-state index contributed by atoms with van der Waals surface area (Å²) in [5, 5.41) is 0.972. The van der Waals surface area contributed by atoms with Gasteiger partial charge in [-0.15, -0.1) is 0 Å². The largest absolute Gasteiger partial charge is 0.469 e. The molecule has 0 fully saturated rings. The van der Waals surface area contributed by atoms with Crippen LogP contribution in [0.4, 0.5) is 0 Å². The number of ether oxygens (including phenoxy) is 2. The van der Waals surface area contributed by atoms with Crippen molar-refractivity contribution in [3.05, 3.63) is 58.2 Å². The lowest BCUT2D eigenvalue weighted by Gasteiger charge is -2.23. The van der Waals surface area contributed by atoms with E-state index in [1.165, 1.54) is 0 Å². The quantitative estimate of drug-likeness (QED) is 0.695. The van der Waals surface area contributed by atoms with E-state index in [4.69, 9.17) is 32.7 Å². The van der Waals surface area contributed by atoms with Crippen molar-refractivity contribution in [1.29, 1.82) is 0 Å². The van der Waals surface area contributed by atoms with E-state index in [1.807, 2.05) is 12.1 Å². The molecule has 1 aromatic heterocycles. The van der Waals surface area contributed by atoms with Gasteiger partial charge in [0.15, 0.2) is 6.61 Å². The molecule has 0 aliphatic rings. The Morgan fingerprint density at radius 3 is 2.48 bits per heavy atom. The number of nitrogens with zero attached hydrogens (tertiary/aromatic N) is 1. The molecule has 4 nitrogen and oxygen atoms in total. The molecule has 0 aliphatic heterocycles. The van der Waals surface area contributed by atoms with Crippen molar-refractivity contribution in [2.75, 3.05) is 6.61 Å². The molecule has 1 aromatic carbocycles. The maximum absolute atomic E-state index is 12.3. The Morgan fingerprint density at radius 2 is 1.83 bits per heavy atom. The Kier molecular flexibility index (Phi) is 5.99. The van der Waals surface area contributed by atoms with Crippen molar-refractivity contribution in [2.45, 2.75) is 26.1 Å². The van der Waals surface area contributed by atoms with Gasteiger partial charge in [-0.3, -0.25) is 4.79 Å². The van der Waals surface area contributed by atoms with Crippen molar-refractivity contribution in [3.63, 3.8) is 0 Å². The minimum absolute atomic E-state index is 0.138. The van der Waals surface area contributed by atoms with Crippen LogP contribution in [0.3, 0.4) is 0 Å². The highest BCUT2D eigenvalue weighted by molar-refractivity contribution is 6.30. The van der Waals surface area contributed by atoms with Gasteiger partial charge in [0.1, 0.15) is 10.8 Å². The summed E-state index contributed by atoms with van der Waals surface area (Å²) in [4.78, 5) is 16.2. The van der Waals surface area contributed by atoms with E-state index in [0.717, 1.165) is 5.56 Å². The molecule has 0 spiro atoms. The molecule has 2 rings (SSSR count). The van der Waals surface area contributed by atoms with E-state index in [0.29, 0.717) is 22.7 Å². The highest BCUT2D eigenvalue weighted by atomic mass is 35.5. The number of carbonyl (C=O) groups excluding carboxylic acids is 1. The summed E-state index contributed by atoms with van der Waals surface area (Å²) in [7, 11) is 0. The van der Waals surface area contributed by atoms with E-state index in [2.05, 4.69) is 4.98 Å². The Labute approximate surface area is 145 Å². The first-order chi connectivity index (χ1) is 10.9. The summed E-state index contributed by atoms with van der Waals surface area (Å²) in [5.41, 5.74) is -0.0363. The summed E-state index contributed by atoms with van der Waals surface area (Å²) < 4.78 is 11.1. The number of halogens is 2. The van der Waals surface area contributed by atoms with Crippen molar-refractivity contribution < 1.29 is 14.3 Å². The van der Waals surface area contributed by atoms with Crippen LogP contribution in [0.2, 0.25) is 10.2 Å². The number of hydrogen-bond acceptors (Lipinski definition) is 4. The molecule has 0 aliphatic carbocycles. The minimum Gasteiger partial charge on any atom is -0.469 e. The molecule has 0 radical (unpaired) electrons. The van der Waals surface area contributed by atoms with Crippen LogP contribution >= 0.6 is 23.2 Å². The van der Waals surface area contributed by atoms with Gasteiger partial charge in [-0.1, -0.05) is 41.4 Å². The smallest absolute Gasteiger partial charge is 0.215 e. The monoisotopic (exact) mass is 353 g/mol. The Balaban J connectivity index is 1.87. The minimum atomic E-state index is -0.974. The second-order valence-corrected chi connectivity index (χ2v) is 6.26. The van der Waals surface area contributed by atoms with Gasteiger partial charge in [-0.25, -0.2) is 4.98 Å². The molecular formula is C17H17Cl2NO3. The topological polar surface area (TPSA) is 48.4 Å².